The molecule has 14 heavy (non-hydrogen) atoms. The maximum atomic E-state index is 10.8. The lowest BCUT2D eigenvalue weighted by Crippen LogP contribution is -2.43. The van der Waals surface area contributed by atoms with Gasteiger partial charge in [0.15, 0.2) is 0 Å². The molecule has 0 fully saturated rings. The van der Waals surface area contributed by atoms with Crippen LogP contribution in [0.4, 0.5) is 0 Å². The highest BCUT2D eigenvalue weighted by Gasteiger charge is 2.22. The lowest BCUT2D eigenvalue weighted by Gasteiger charge is -2.23. The van der Waals surface area contributed by atoms with E-state index in [2.05, 4.69) is 10.6 Å². The van der Waals surface area contributed by atoms with Gasteiger partial charge in [-0.3, -0.25) is 5.32 Å². The second-order valence-electron chi connectivity index (χ2n) is 2.91. The van der Waals surface area contributed by atoms with Gasteiger partial charge in [-0.1, -0.05) is 13.8 Å². The summed E-state index contributed by atoms with van der Waals surface area (Å²) in [6.45, 7) is -0.0946. The van der Waals surface area contributed by atoms with E-state index in [9.17, 15) is 4.57 Å². The zero-order valence-corrected chi connectivity index (χ0v) is 10.4. The van der Waals surface area contributed by atoms with E-state index in [1.165, 1.54) is 0 Å². The fourth-order valence-corrected chi connectivity index (χ4v) is 3.35. The van der Waals surface area contributed by atoms with Gasteiger partial charge in [-0.05, 0) is 31.3 Å². The van der Waals surface area contributed by atoms with Crippen LogP contribution in [0.3, 0.4) is 0 Å². The van der Waals surface area contributed by atoms with Crippen molar-refractivity contribution in [3.63, 3.8) is 0 Å². The van der Waals surface area contributed by atoms with Gasteiger partial charge >= 0.3 is 6.80 Å². The highest BCUT2D eigenvalue weighted by Crippen LogP contribution is 2.52. The second kappa shape index (κ2) is 6.82. The van der Waals surface area contributed by atoms with Crippen molar-refractivity contribution >= 4 is 18.2 Å². The standard InChI is InChI=1S/C7H19N2O3PS/c1-4-6(8-3)9-7(5-2)14-13(10,11)12/h6-9H,4-5H2,1-3H3,(H2,10,11,12). The molecule has 7 heteroatoms. The zero-order chi connectivity index (χ0) is 11.2. The lowest BCUT2D eigenvalue weighted by atomic mass is 10.3. The van der Waals surface area contributed by atoms with Gasteiger partial charge in [0, 0.05) is 0 Å². The molecule has 0 aromatic heterocycles. The predicted molar refractivity (Wildman–Crippen MR) is 60.0 cm³/mol. The van der Waals surface area contributed by atoms with Crippen LogP contribution in [0.15, 0.2) is 0 Å². The molecule has 0 spiro atoms. The van der Waals surface area contributed by atoms with Crippen LogP contribution in [0, 0.1) is 0 Å². The van der Waals surface area contributed by atoms with Crippen molar-refractivity contribution in [2.75, 3.05) is 7.05 Å². The number of nitrogens with one attached hydrogen (secondary N) is 2. The Balaban J connectivity index is 4.08. The Morgan fingerprint density at radius 1 is 1.36 bits per heavy atom. The molecule has 0 heterocycles. The van der Waals surface area contributed by atoms with Crippen LogP contribution in [0.25, 0.3) is 0 Å². The third-order valence-corrected chi connectivity index (χ3v) is 4.36. The quantitative estimate of drug-likeness (QED) is 0.395. The normalized spacial score (nSPS) is 16.6. The minimum atomic E-state index is -3.99. The smallest absolute Gasteiger partial charge is 0.317 e. The highest BCUT2D eigenvalue weighted by atomic mass is 32.7. The molecule has 0 amide bonds. The van der Waals surface area contributed by atoms with Gasteiger partial charge in [-0.25, -0.2) is 4.57 Å². The van der Waals surface area contributed by atoms with Gasteiger partial charge < -0.3 is 15.1 Å². The summed E-state index contributed by atoms with van der Waals surface area (Å²) < 4.78 is 10.8. The van der Waals surface area contributed by atoms with E-state index in [1.807, 2.05) is 20.9 Å². The van der Waals surface area contributed by atoms with Crippen molar-refractivity contribution in [1.29, 1.82) is 0 Å². The Hall–Kier alpha value is 0.420. The molecule has 2 atom stereocenters. The molecular weight excluding hydrogens is 223 g/mol. The van der Waals surface area contributed by atoms with Crippen LogP contribution in [0.1, 0.15) is 26.7 Å². The second-order valence-corrected chi connectivity index (χ2v) is 6.73. The Morgan fingerprint density at radius 2 is 1.93 bits per heavy atom. The molecule has 0 aliphatic carbocycles. The molecule has 0 radical (unpaired) electrons. The van der Waals surface area contributed by atoms with Crippen LogP contribution in [0.5, 0.6) is 0 Å². The Morgan fingerprint density at radius 3 is 2.21 bits per heavy atom. The molecule has 0 bridgehead atoms. The Labute approximate surface area is 89.0 Å². The van der Waals surface area contributed by atoms with E-state index in [0.29, 0.717) is 17.8 Å². The molecule has 0 aromatic rings. The summed E-state index contributed by atoms with van der Waals surface area (Å²) >= 11 is 0.676. The summed E-state index contributed by atoms with van der Waals surface area (Å²) in [6.07, 6.45) is 1.64. The summed E-state index contributed by atoms with van der Waals surface area (Å²) in [5.74, 6) is 0. The SMILES string of the molecule is CCC(NC)NC(CC)SP(=O)(O)O. The van der Waals surface area contributed by atoms with Gasteiger partial charge in [-0.15, -0.1) is 0 Å². The van der Waals surface area contributed by atoms with Crippen molar-refractivity contribution in [1.82, 2.24) is 10.6 Å². The molecule has 4 N–H and O–H groups in total. The van der Waals surface area contributed by atoms with Crippen LogP contribution < -0.4 is 10.6 Å². The van der Waals surface area contributed by atoms with Crippen molar-refractivity contribution in [3.05, 3.63) is 0 Å². The van der Waals surface area contributed by atoms with E-state index in [4.69, 9.17) is 9.79 Å². The van der Waals surface area contributed by atoms with Crippen LogP contribution >= 0.6 is 18.2 Å². The van der Waals surface area contributed by atoms with Crippen molar-refractivity contribution in [2.45, 2.75) is 38.2 Å². The van der Waals surface area contributed by atoms with Crippen molar-refractivity contribution in [2.24, 2.45) is 0 Å². The van der Waals surface area contributed by atoms with Gasteiger partial charge in [0.25, 0.3) is 0 Å². The lowest BCUT2D eigenvalue weighted by molar-refractivity contribution is 0.394. The average Bonchev–Trinajstić information content (AvgIpc) is 2.10. The first kappa shape index (κ1) is 14.4. The summed E-state index contributed by atoms with van der Waals surface area (Å²) in [5, 5.41) is 5.93. The minimum Gasteiger partial charge on any atom is -0.317 e. The first-order valence-corrected chi connectivity index (χ1v) is 7.69. The molecule has 86 valence electrons. The van der Waals surface area contributed by atoms with Gasteiger partial charge in [0.1, 0.15) is 0 Å². The first-order chi connectivity index (χ1) is 6.42. The molecule has 0 saturated heterocycles. The largest absolute Gasteiger partial charge is 0.385 e. The average molecular weight is 242 g/mol. The number of rotatable bonds is 7. The molecule has 0 aliphatic rings. The molecule has 0 rings (SSSR count). The third kappa shape index (κ3) is 6.81. The fraction of sp³-hybridized carbons (Fsp3) is 1.00. The minimum absolute atomic E-state index is 0.0963. The summed E-state index contributed by atoms with van der Waals surface area (Å²) in [6, 6.07) is 0. The maximum Gasteiger partial charge on any atom is 0.385 e. The van der Waals surface area contributed by atoms with E-state index < -0.39 is 6.80 Å². The van der Waals surface area contributed by atoms with Crippen LogP contribution in [0.2, 0.25) is 0 Å². The van der Waals surface area contributed by atoms with Crippen molar-refractivity contribution < 1.29 is 14.4 Å². The molecule has 2 unspecified atom stereocenters. The maximum absolute atomic E-state index is 10.8. The van der Waals surface area contributed by atoms with E-state index in [-0.39, 0.29) is 11.5 Å². The Bertz CT molecular complexity index is 195. The van der Waals surface area contributed by atoms with E-state index >= 15 is 0 Å². The number of hydrogen-bond acceptors (Lipinski definition) is 4. The fourth-order valence-electron chi connectivity index (χ4n) is 1.02. The topological polar surface area (TPSA) is 81.6 Å². The first-order valence-electron chi connectivity index (χ1n) is 4.60. The monoisotopic (exact) mass is 242 g/mol. The van der Waals surface area contributed by atoms with E-state index in [0.717, 1.165) is 6.42 Å². The van der Waals surface area contributed by atoms with E-state index in [1.54, 1.807) is 0 Å². The Kier molecular flexibility index (Phi) is 7.03. The predicted octanol–water partition coefficient (Wildman–Crippen LogP) is 1.09. The third-order valence-electron chi connectivity index (χ3n) is 1.78. The molecular formula is C7H19N2O3PS. The van der Waals surface area contributed by atoms with Gasteiger partial charge in [0.2, 0.25) is 0 Å². The summed E-state index contributed by atoms with van der Waals surface area (Å²) in [4.78, 5) is 17.6. The zero-order valence-electron chi connectivity index (χ0n) is 8.73. The molecule has 0 saturated carbocycles. The van der Waals surface area contributed by atoms with Gasteiger partial charge in [0.05, 0.1) is 11.5 Å². The van der Waals surface area contributed by atoms with Crippen molar-refractivity contribution in [3.8, 4) is 0 Å². The summed E-state index contributed by atoms with van der Waals surface area (Å²) in [5.41, 5.74) is 0. The number of hydrogen-bond donors (Lipinski definition) is 4. The van der Waals surface area contributed by atoms with Gasteiger partial charge in [-0.2, -0.15) is 0 Å². The van der Waals surface area contributed by atoms with Crippen LogP contribution in [-0.4, -0.2) is 28.4 Å². The molecule has 5 nitrogen and oxygen atoms in total. The van der Waals surface area contributed by atoms with Crippen LogP contribution in [-0.2, 0) is 4.57 Å². The molecule has 0 aromatic carbocycles. The summed E-state index contributed by atoms with van der Waals surface area (Å²) in [7, 11) is 1.82. The molecule has 0 aliphatic heterocycles. The highest BCUT2D eigenvalue weighted by molar-refractivity contribution is 8.54.